The van der Waals surface area contributed by atoms with Crippen LogP contribution in [0.5, 0.6) is 0 Å². The lowest BCUT2D eigenvalue weighted by atomic mass is 10.2. The van der Waals surface area contributed by atoms with Crippen LogP contribution in [0.2, 0.25) is 0 Å². The van der Waals surface area contributed by atoms with Crippen molar-refractivity contribution in [3.8, 4) is 0 Å². The molecule has 0 amide bonds. The van der Waals surface area contributed by atoms with E-state index in [0.29, 0.717) is 6.54 Å². The highest BCUT2D eigenvalue weighted by molar-refractivity contribution is 7.91. The number of hydrogen-bond donors (Lipinski definition) is 0. The van der Waals surface area contributed by atoms with Crippen molar-refractivity contribution < 1.29 is 8.42 Å². The van der Waals surface area contributed by atoms with E-state index in [1.165, 1.54) is 0 Å². The first kappa shape index (κ1) is 16.5. The van der Waals surface area contributed by atoms with Crippen LogP contribution in [0.25, 0.3) is 11.0 Å². The van der Waals surface area contributed by atoms with Gasteiger partial charge < -0.3 is 4.57 Å². The molecule has 1 atom stereocenters. The molecule has 2 aromatic rings. The predicted molar refractivity (Wildman–Crippen MR) is 93.3 cm³/mol. The van der Waals surface area contributed by atoms with E-state index >= 15 is 0 Å². The SMILES string of the molecule is CCn1c([C@@H]2CCCN2CCS(=O)(=O)CC)nc2ccccc21. The van der Waals surface area contributed by atoms with Gasteiger partial charge in [0.1, 0.15) is 5.82 Å². The van der Waals surface area contributed by atoms with Crippen molar-refractivity contribution in [2.75, 3.05) is 24.6 Å². The topological polar surface area (TPSA) is 55.2 Å². The van der Waals surface area contributed by atoms with Crippen LogP contribution in [0, 0.1) is 0 Å². The van der Waals surface area contributed by atoms with Gasteiger partial charge in [0.05, 0.1) is 22.8 Å². The molecule has 0 radical (unpaired) electrons. The van der Waals surface area contributed by atoms with Crippen molar-refractivity contribution in [3.05, 3.63) is 30.1 Å². The molecule has 0 unspecified atom stereocenters. The molecule has 0 bridgehead atoms. The monoisotopic (exact) mass is 335 g/mol. The fourth-order valence-electron chi connectivity index (χ4n) is 3.47. The van der Waals surface area contributed by atoms with Gasteiger partial charge in [0.15, 0.2) is 9.84 Å². The molecule has 1 saturated heterocycles. The second kappa shape index (κ2) is 6.61. The molecule has 0 aliphatic carbocycles. The van der Waals surface area contributed by atoms with Gasteiger partial charge in [-0.1, -0.05) is 19.1 Å². The molecule has 2 heterocycles. The van der Waals surface area contributed by atoms with Gasteiger partial charge in [-0.15, -0.1) is 0 Å². The van der Waals surface area contributed by atoms with Gasteiger partial charge in [-0.05, 0) is 38.4 Å². The van der Waals surface area contributed by atoms with Crippen LogP contribution in [0.1, 0.15) is 38.6 Å². The van der Waals surface area contributed by atoms with E-state index in [2.05, 4.69) is 22.5 Å². The molecule has 5 nitrogen and oxygen atoms in total. The van der Waals surface area contributed by atoms with Gasteiger partial charge >= 0.3 is 0 Å². The van der Waals surface area contributed by atoms with Crippen molar-refractivity contribution >= 4 is 20.9 Å². The molecule has 1 aromatic carbocycles. The molecule has 1 aromatic heterocycles. The van der Waals surface area contributed by atoms with Crippen LogP contribution in [0.3, 0.4) is 0 Å². The maximum Gasteiger partial charge on any atom is 0.151 e. The second-order valence-corrected chi connectivity index (χ2v) is 8.61. The molecule has 1 fully saturated rings. The van der Waals surface area contributed by atoms with E-state index < -0.39 is 9.84 Å². The molecular weight excluding hydrogens is 310 g/mol. The van der Waals surface area contributed by atoms with E-state index in [1.54, 1.807) is 6.92 Å². The molecule has 1 aliphatic heterocycles. The van der Waals surface area contributed by atoms with Gasteiger partial charge in [-0.3, -0.25) is 4.90 Å². The number of aromatic nitrogens is 2. The van der Waals surface area contributed by atoms with Crippen LogP contribution in [-0.2, 0) is 16.4 Å². The molecule has 3 rings (SSSR count). The van der Waals surface area contributed by atoms with Crippen LogP contribution < -0.4 is 0 Å². The number of hydrogen-bond acceptors (Lipinski definition) is 4. The summed E-state index contributed by atoms with van der Waals surface area (Å²) in [4.78, 5) is 7.14. The summed E-state index contributed by atoms with van der Waals surface area (Å²) in [5.41, 5.74) is 2.19. The fraction of sp³-hybridized carbons (Fsp3) is 0.588. The van der Waals surface area contributed by atoms with Crippen LogP contribution >= 0.6 is 0 Å². The lowest BCUT2D eigenvalue weighted by Gasteiger charge is -2.24. The van der Waals surface area contributed by atoms with Gasteiger partial charge in [0, 0.05) is 18.8 Å². The number of rotatable bonds is 6. The summed E-state index contributed by atoms with van der Waals surface area (Å²) >= 11 is 0. The number of likely N-dealkylation sites (tertiary alicyclic amines) is 1. The molecular formula is C17H25N3O2S. The average Bonchev–Trinajstić information content (AvgIpc) is 3.16. The summed E-state index contributed by atoms with van der Waals surface area (Å²) in [6.45, 7) is 6.30. The first-order chi connectivity index (χ1) is 11.1. The average molecular weight is 335 g/mol. The van der Waals surface area contributed by atoms with Crippen LogP contribution in [0.4, 0.5) is 0 Å². The zero-order valence-corrected chi connectivity index (χ0v) is 14.7. The van der Waals surface area contributed by atoms with Gasteiger partial charge in [-0.25, -0.2) is 13.4 Å². The Morgan fingerprint density at radius 2 is 2.04 bits per heavy atom. The molecule has 0 N–H and O–H groups in total. The lowest BCUT2D eigenvalue weighted by Crippen LogP contribution is -2.31. The number of nitrogens with zero attached hydrogens (tertiary/aromatic N) is 3. The third-order valence-corrected chi connectivity index (χ3v) is 6.48. The number of para-hydroxylation sites is 2. The van der Waals surface area contributed by atoms with Crippen molar-refractivity contribution in [1.82, 2.24) is 14.5 Å². The fourth-order valence-corrected chi connectivity index (χ4v) is 4.27. The zero-order valence-electron chi connectivity index (χ0n) is 13.9. The van der Waals surface area contributed by atoms with Crippen molar-refractivity contribution in [2.45, 2.75) is 39.3 Å². The largest absolute Gasteiger partial charge is 0.327 e. The Bertz CT molecular complexity index is 782. The standard InChI is InChI=1S/C17H25N3O2S/c1-3-20-15-9-6-5-8-14(15)18-17(20)16-10-7-11-19(16)12-13-23(21,22)4-2/h5-6,8-9,16H,3-4,7,10-13H2,1-2H3/t16-/m0/s1. The summed E-state index contributed by atoms with van der Waals surface area (Å²) in [6, 6.07) is 8.44. The first-order valence-electron chi connectivity index (χ1n) is 8.45. The van der Waals surface area contributed by atoms with E-state index in [-0.39, 0.29) is 17.5 Å². The first-order valence-corrected chi connectivity index (χ1v) is 10.3. The highest BCUT2D eigenvalue weighted by Crippen LogP contribution is 2.33. The number of fused-ring (bicyclic) bond motifs is 1. The third kappa shape index (κ3) is 3.28. The van der Waals surface area contributed by atoms with Crippen molar-refractivity contribution in [2.24, 2.45) is 0 Å². The van der Waals surface area contributed by atoms with Crippen molar-refractivity contribution in [1.29, 1.82) is 0 Å². The number of imidazole rings is 1. The van der Waals surface area contributed by atoms with Gasteiger partial charge in [-0.2, -0.15) is 0 Å². The Morgan fingerprint density at radius 3 is 2.78 bits per heavy atom. The highest BCUT2D eigenvalue weighted by atomic mass is 32.2. The Labute approximate surface area is 138 Å². The normalized spacial score (nSPS) is 19.7. The summed E-state index contributed by atoms with van der Waals surface area (Å²) in [5.74, 6) is 1.55. The number of aryl methyl sites for hydroxylation is 1. The molecule has 0 spiro atoms. The van der Waals surface area contributed by atoms with Crippen LogP contribution in [0.15, 0.2) is 24.3 Å². The molecule has 1 aliphatic rings. The van der Waals surface area contributed by atoms with Crippen LogP contribution in [-0.4, -0.2) is 47.5 Å². The maximum absolute atomic E-state index is 11.8. The number of benzene rings is 1. The molecule has 0 saturated carbocycles. The minimum atomic E-state index is -2.92. The highest BCUT2D eigenvalue weighted by Gasteiger charge is 2.30. The predicted octanol–water partition coefficient (Wildman–Crippen LogP) is 2.63. The Balaban J connectivity index is 1.88. The van der Waals surface area contributed by atoms with E-state index in [0.717, 1.165) is 42.8 Å². The minimum absolute atomic E-state index is 0.221. The quantitative estimate of drug-likeness (QED) is 0.814. The lowest BCUT2D eigenvalue weighted by molar-refractivity contribution is 0.258. The smallest absolute Gasteiger partial charge is 0.151 e. The minimum Gasteiger partial charge on any atom is -0.327 e. The van der Waals surface area contributed by atoms with E-state index in [1.807, 2.05) is 18.2 Å². The van der Waals surface area contributed by atoms with E-state index in [4.69, 9.17) is 4.98 Å². The zero-order chi connectivity index (χ0) is 16.4. The summed E-state index contributed by atoms with van der Waals surface area (Å²) in [7, 11) is -2.92. The molecule has 23 heavy (non-hydrogen) atoms. The Morgan fingerprint density at radius 1 is 1.26 bits per heavy atom. The van der Waals surface area contributed by atoms with Gasteiger partial charge in [0.2, 0.25) is 0 Å². The summed E-state index contributed by atoms with van der Waals surface area (Å²) in [6.07, 6.45) is 2.15. The van der Waals surface area contributed by atoms with E-state index in [9.17, 15) is 8.42 Å². The maximum atomic E-state index is 11.8. The second-order valence-electron chi connectivity index (χ2n) is 6.13. The summed E-state index contributed by atoms with van der Waals surface area (Å²) in [5, 5.41) is 0. The summed E-state index contributed by atoms with van der Waals surface area (Å²) < 4.78 is 25.9. The number of sulfone groups is 1. The van der Waals surface area contributed by atoms with Crippen molar-refractivity contribution in [3.63, 3.8) is 0 Å². The van der Waals surface area contributed by atoms with Gasteiger partial charge in [0.25, 0.3) is 0 Å². The third-order valence-electron chi connectivity index (χ3n) is 4.79. The Kier molecular flexibility index (Phi) is 4.73. The molecule has 126 valence electrons. The molecule has 6 heteroatoms. The Hall–Kier alpha value is -1.40.